The van der Waals surface area contributed by atoms with Crippen LogP contribution in [0, 0.1) is 0 Å². The molecule has 7 heteroatoms. The van der Waals surface area contributed by atoms with Gasteiger partial charge in [0.25, 0.3) is 5.91 Å². The van der Waals surface area contributed by atoms with Gasteiger partial charge >= 0.3 is 6.03 Å². The normalized spacial score (nSPS) is 17.5. The summed E-state index contributed by atoms with van der Waals surface area (Å²) >= 11 is 0. The van der Waals surface area contributed by atoms with E-state index in [4.69, 9.17) is 5.73 Å². The van der Waals surface area contributed by atoms with Gasteiger partial charge in [-0.25, -0.2) is 4.79 Å². The van der Waals surface area contributed by atoms with Crippen molar-refractivity contribution in [2.75, 3.05) is 20.1 Å². The zero-order valence-electron chi connectivity index (χ0n) is 12.7. The van der Waals surface area contributed by atoms with Crippen LogP contribution in [0.2, 0.25) is 0 Å². The van der Waals surface area contributed by atoms with Gasteiger partial charge in [0.15, 0.2) is 0 Å². The number of amides is 3. The van der Waals surface area contributed by atoms with Gasteiger partial charge in [-0.05, 0) is 37.6 Å². The van der Waals surface area contributed by atoms with Crippen LogP contribution in [0.4, 0.5) is 4.79 Å². The Morgan fingerprint density at radius 3 is 2.59 bits per heavy atom. The highest BCUT2D eigenvalue weighted by Gasteiger charge is 2.23. The van der Waals surface area contributed by atoms with E-state index in [9.17, 15) is 9.59 Å². The number of likely N-dealkylation sites (N-methyl/N-ethyl adjacent to an activating group) is 1. The summed E-state index contributed by atoms with van der Waals surface area (Å²) < 4.78 is 0. The van der Waals surface area contributed by atoms with Gasteiger partial charge in [0, 0.05) is 31.2 Å². The molecule has 0 radical (unpaired) electrons. The Morgan fingerprint density at radius 2 is 2.00 bits per heavy atom. The van der Waals surface area contributed by atoms with Gasteiger partial charge in [-0.1, -0.05) is 12.1 Å². The maximum atomic E-state index is 12.4. The fourth-order valence-corrected chi connectivity index (χ4v) is 2.53. The van der Waals surface area contributed by atoms with Crippen molar-refractivity contribution < 1.29 is 9.59 Å². The molecule has 4 N–H and O–H groups in total. The summed E-state index contributed by atoms with van der Waals surface area (Å²) in [6, 6.07) is 7.08. The van der Waals surface area contributed by atoms with Gasteiger partial charge in [-0.3, -0.25) is 4.79 Å². The van der Waals surface area contributed by atoms with Crippen LogP contribution in [-0.2, 0) is 6.54 Å². The Bertz CT molecular complexity index is 507. The van der Waals surface area contributed by atoms with Crippen LogP contribution < -0.4 is 16.4 Å². The van der Waals surface area contributed by atoms with Crippen molar-refractivity contribution in [2.45, 2.75) is 25.4 Å². The van der Waals surface area contributed by atoms with Crippen LogP contribution in [0.5, 0.6) is 0 Å². The van der Waals surface area contributed by atoms with Crippen molar-refractivity contribution >= 4 is 24.3 Å². The third kappa shape index (κ3) is 4.89. The lowest BCUT2D eigenvalue weighted by Gasteiger charge is -2.32. The zero-order valence-corrected chi connectivity index (χ0v) is 13.5. The fraction of sp³-hybridized carbons (Fsp3) is 0.467. The second kappa shape index (κ2) is 8.60. The number of nitrogens with one attached hydrogen (secondary N) is 2. The van der Waals surface area contributed by atoms with E-state index in [1.54, 1.807) is 12.1 Å². The van der Waals surface area contributed by atoms with Crippen LogP contribution in [0.25, 0.3) is 0 Å². The molecule has 1 saturated heterocycles. The van der Waals surface area contributed by atoms with E-state index < -0.39 is 6.03 Å². The summed E-state index contributed by atoms with van der Waals surface area (Å²) in [5.41, 5.74) is 6.61. The first kappa shape index (κ1) is 18.3. The molecule has 1 aliphatic heterocycles. The van der Waals surface area contributed by atoms with Gasteiger partial charge < -0.3 is 21.3 Å². The molecular weight excluding hydrogens is 304 g/mol. The summed E-state index contributed by atoms with van der Waals surface area (Å²) in [5.74, 6) is 0.0596. The van der Waals surface area contributed by atoms with Crippen LogP contribution in [0.3, 0.4) is 0 Å². The van der Waals surface area contributed by atoms with Crippen LogP contribution in [0.15, 0.2) is 24.3 Å². The third-order valence-electron chi connectivity index (χ3n) is 3.78. The number of benzene rings is 1. The predicted molar refractivity (Wildman–Crippen MR) is 88.1 cm³/mol. The summed E-state index contributed by atoms with van der Waals surface area (Å²) in [4.78, 5) is 25.0. The number of halogens is 1. The minimum absolute atomic E-state index is 0. The van der Waals surface area contributed by atoms with E-state index in [0.717, 1.165) is 31.5 Å². The first-order chi connectivity index (χ1) is 10.1. The topological polar surface area (TPSA) is 87.5 Å². The molecule has 1 aromatic rings. The average Bonchev–Trinajstić information content (AvgIpc) is 2.52. The summed E-state index contributed by atoms with van der Waals surface area (Å²) in [6.07, 6.45) is 2.13. The molecule has 0 saturated carbocycles. The quantitative estimate of drug-likeness (QED) is 0.774. The average molecular weight is 327 g/mol. The van der Waals surface area contributed by atoms with Crippen LogP contribution in [-0.4, -0.2) is 43.0 Å². The molecule has 1 unspecified atom stereocenters. The minimum atomic E-state index is -0.554. The van der Waals surface area contributed by atoms with E-state index in [2.05, 4.69) is 10.6 Å². The molecular formula is C15H23ClN4O2. The molecule has 6 nitrogen and oxygen atoms in total. The highest BCUT2D eigenvalue weighted by Crippen LogP contribution is 2.14. The minimum Gasteiger partial charge on any atom is -0.352 e. The molecule has 22 heavy (non-hydrogen) atoms. The maximum Gasteiger partial charge on any atom is 0.312 e. The van der Waals surface area contributed by atoms with Crippen LogP contribution in [0.1, 0.15) is 28.8 Å². The zero-order chi connectivity index (χ0) is 15.2. The Morgan fingerprint density at radius 1 is 1.32 bits per heavy atom. The van der Waals surface area contributed by atoms with Gasteiger partial charge in [-0.15, -0.1) is 12.4 Å². The Balaban J connectivity index is 0.00000242. The SMILES string of the molecule is CNC1CCCN(C(=O)c2ccc(CNC(N)=O)cc2)C1.Cl. The molecule has 1 aromatic carbocycles. The molecule has 0 bridgehead atoms. The molecule has 1 aliphatic rings. The summed E-state index contributed by atoms with van der Waals surface area (Å²) in [6.45, 7) is 1.93. The summed E-state index contributed by atoms with van der Waals surface area (Å²) in [5, 5.41) is 5.75. The van der Waals surface area contributed by atoms with Crippen molar-refractivity contribution in [2.24, 2.45) is 5.73 Å². The van der Waals surface area contributed by atoms with Crippen molar-refractivity contribution in [3.8, 4) is 0 Å². The molecule has 0 spiro atoms. The standard InChI is InChI=1S/C15H22N4O2.ClH/c1-17-13-3-2-8-19(10-13)14(20)12-6-4-11(5-7-12)9-18-15(16)21;/h4-7,13,17H,2-3,8-10H2,1H3,(H3,16,18,21);1H. The van der Waals surface area contributed by atoms with Crippen molar-refractivity contribution in [3.05, 3.63) is 35.4 Å². The molecule has 3 amide bonds. The van der Waals surface area contributed by atoms with E-state index in [-0.39, 0.29) is 18.3 Å². The number of carbonyl (C=O) groups is 2. The number of hydrogen-bond donors (Lipinski definition) is 3. The first-order valence-corrected chi connectivity index (χ1v) is 7.19. The Kier molecular flexibility index (Phi) is 7.14. The maximum absolute atomic E-state index is 12.4. The number of carbonyl (C=O) groups excluding carboxylic acids is 2. The lowest BCUT2D eigenvalue weighted by Crippen LogP contribution is -2.46. The monoisotopic (exact) mass is 326 g/mol. The second-order valence-electron chi connectivity index (χ2n) is 5.29. The predicted octanol–water partition coefficient (Wildman–Crippen LogP) is 1.10. The number of urea groups is 1. The molecule has 122 valence electrons. The van der Waals surface area contributed by atoms with E-state index in [0.29, 0.717) is 18.2 Å². The highest BCUT2D eigenvalue weighted by atomic mass is 35.5. The number of nitrogens with two attached hydrogens (primary N) is 1. The fourth-order valence-electron chi connectivity index (χ4n) is 2.53. The van der Waals surface area contributed by atoms with Crippen molar-refractivity contribution in [3.63, 3.8) is 0 Å². The van der Waals surface area contributed by atoms with Gasteiger partial charge in [-0.2, -0.15) is 0 Å². The Hall–Kier alpha value is -1.79. The molecule has 0 aromatic heterocycles. The lowest BCUT2D eigenvalue weighted by molar-refractivity contribution is 0.0698. The molecule has 1 fully saturated rings. The van der Waals surface area contributed by atoms with E-state index in [1.165, 1.54) is 0 Å². The number of primary amides is 1. The van der Waals surface area contributed by atoms with E-state index >= 15 is 0 Å². The van der Waals surface area contributed by atoms with Crippen molar-refractivity contribution in [1.82, 2.24) is 15.5 Å². The largest absolute Gasteiger partial charge is 0.352 e. The number of nitrogens with zero attached hydrogens (tertiary/aromatic N) is 1. The number of likely N-dealkylation sites (tertiary alicyclic amines) is 1. The third-order valence-corrected chi connectivity index (χ3v) is 3.78. The van der Waals surface area contributed by atoms with Crippen molar-refractivity contribution in [1.29, 1.82) is 0 Å². The molecule has 1 heterocycles. The second-order valence-corrected chi connectivity index (χ2v) is 5.29. The van der Waals surface area contributed by atoms with Gasteiger partial charge in [0.05, 0.1) is 0 Å². The highest BCUT2D eigenvalue weighted by molar-refractivity contribution is 5.94. The molecule has 1 atom stereocenters. The van der Waals surface area contributed by atoms with Gasteiger partial charge in [0.1, 0.15) is 0 Å². The summed E-state index contributed by atoms with van der Waals surface area (Å²) in [7, 11) is 1.93. The van der Waals surface area contributed by atoms with Gasteiger partial charge in [0.2, 0.25) is 0 Å². The number of piperidine rings is 1. The number of hydrogen-bond acceptors (Lipinski definition) is 3. The smallest absolute Gasteiger partial charge is 0.312 e. The Labute approximate surface area is 136 Å². The first-order valence-electron chi connectivity index (χ1n) is 7.19. The van der Waals surface area contributed by atoms with E-state index in [1.807, 2.05) is 24.1 Å². The molecule has 0 aliphatic carbocycles. The number of rotatable bonds is 4. The lowest BCUT2D eigenvalue weighted by atomic mass is 10.0. The molecule has 2 rings (SSSR count). The van der Waals surface area contributed by atoms with Crippen LogP contribution >= 0.6 is 12.4 Å².